The van der Waals surface area contributed by atoms with Crippen molar-refractivity contribution < 1.29 is 19.4 Å². The van der Waals surface area contributed by atoms with E-state index >= 15 is 0 Å². The highest BCUT2D eigenvalue weighted by Gasteiger charge is 2.22. The molecule has 0 aliphatic carbocycles. The number of benzene rings is 1. The molecular weight excluding hydrogens is 270 g/mol. The SMILES string of the molecule is CC(C)(C)OC(=O)NC(C=O)c1cccc(Cl)c1O. The Bertz CT molecular complexity index is 482. The molecule has 1 aromatic rings. The van der Waals surface area contributed by atoms with E-state index in [1.54, 1.807) is 26.8 Å². The highest BCUT2D eigenvalue weighted by atomic mass is 35.5. The standard InChI is InChI=1S/C13H16ClNO4/c1-13(2,3)19-12(18)15-10(7-16)8-5-4-6-9(14)11(8)17/h4-7,10,17H,1-3H3,(H,15,18). The van der Waals surface area contributed by atoms with E-state index in [1.165, 1.54) is 12.1 Å². The van der Waals surface area contributed by atoms with Gasteiger partial charge >= 0.3 is 6.09 Å². The molecule has 19 heavy (non-hydrogen) atoms. The molecule has 104 valence electrons. The third kappa shape index (κ3) is 4.44. The van der Waals surface area contributed by atoms with Crippen LogP contribution in [0.15, 0.2) is 18.2 Å². The molecule has 0 spiro atoms. The number of rotatable bonds is 3. The van der Waals surface area contributed by atoms with E-state index in [-0.39, 0.29) is 16.3 Å². The maximum atomic E-state index is 11.6. The van der Waals surface area contributed by atoms with Crippen LogP contribution in [0.2, 0.25) is 5.02 Å². The van der Waals surface area contributed by atoms with Gasteiger partial charge < -0.3 is 20.0 Å². The highest BCUT2D eigenvalue weighted by molar-refractivity contribution is 6.32. The lowest BCUT2D eigenvalue weighted by Crippen LogP contribution is -2.35. The molecule has 0 aromatic heterocycles. The van der Waals surface area contributed by atoms with Crippen molar-refractivity contribution in [3.05, 3.63) is 28.8 Å². The molecule has 1 unspecified atom stereocenters. The van der Waals surface area contributed by atoms with Gasteiger partial charge in [-0.25, -0.2) is 4.79 Å². The topological polar surface area (TPSA) is 75.6 Å². The van der Waals surface area contributed by atoms with E-state index in [1.807, 2.05) is 0 Å². The summed E-state index contributed by atoms with van der Waals surface area (Å²) in [6, 6.07) is 3.53. The molecule has 0 heterocycles. The van der Waals surface area contributed by atoms with E-state index in [9.17, 15) is 14.7 Å². The fraction of sp³-hybridized carbons (Fsp3) is 0.385. The Kier molecular flexibility index (Phi) is 4.78. The zero-order valence-corrected chi connectivity index (χ0v) is 11.7. The minimum atomic E-state index is -1.02. The maximum Gasteiger partial charge on any atom is 0.408 e. The van der Waals surface area contributed by atoms with Gasteiger partial charge in [-0.2, -0.15) is 0 Å². The zero-order chi connectivity index (χ0) is 14.6. The van der Waals surface area contributed by atoms with Crippen molar-refractivity contribution in [2.45, 2.75) is 32.4 Å². The minimum absolute atomic E-state index is 0.107. The van der Waals surface area contributed by atoms with Crippen LogP contribution in [-0.2, 0) is 9.53 Å². The number of amides is 1. The number of phenols is 1. The van der Waals surface area contributed by atoms with Crippen LogP contribution in [0.25, 0.3) is 0 Å². The number of alkyl carbamates (subject to hydrolysis) is 1. The second-order valence-corrected chi connectivity index (χ2v) is 5.34. The number of ether oxygens (including phenoxy) is 1. The van der Waals surface area contributed by atoms with Crippen molar-refractivity contribution in [1.29, 1.82) is 0 Å². The van der Waals surface area contributed by atoms with E-state index in [0.717, 1.165) is 0 Å². The molecular formula is C13H16ClNO4. The van der Waals surface area contributed by atoms with Gasteiger partial charge in [-0.1, -0.05) is 23.7 Å². The number of hydrogen-bond donors (Lipinski definition) is 2. The van der Waals surface area contributed by atoms with Gasteiger partial charge in [-0.15, -0.1) is 0 Å². The molecule has 1 atom stereocenters. The molecule has 2 N–H and O–H groups in total. The summed E-state index contributed by atoms with van der Waals surface area (Å²) in [5, 5.41) is 12.2. The first-order valence-electron chi connectivity index (χ1n) is 5.67. The number of hydrogen-bond acceptors (Lipinski definition) is 4. The fourth-order valence-corrected chi connectivity index (χ4v) is 1.58. The Hall–Kier alpha value is -1.75. The van der Waals surface area contributed by atoms with Crippen LogP contribution in [0, 0.1) is 0 Å². The lowest BCUT2D eigenvalue weighted by molar-refractivity contribution is -0.109. The summed E-state index contributed by atoms with van der Waals surface area (Å²) in [6.07, 6.45) is -0.251. The lowest BCUT2D eigenvalue weighted by atomic mass is 10.1. The number of halogens is 1. The van der Waals surface area contributed by atoms with Crippen LogP contribution in [0.4, 0.5) is 4.79 Å². The first-order valence-corrected chi connectivity index (χ1v) is 6.04. The third-order valence-electron chi connectivity index (χ3n) is 2.16. The number of carbonyl (C=O) groups is 2. The van der Waals surface area contributed by atoms with Crippen LogP contribution in [0.3, 0.4) is 0 Å². The first-order chi connectivity index (χ1) is 8.74. The lowest BCUT2D eigenvalue weighted by Gasteiger charge is -2.22. The van der Waals surface area contributed by atoms with Gasteiger partial charge in [-0.05, 0) is 26.8 Å². The van der Waals surface area contributed by atoms with Gasteiger partial charge in [0, 0.05) is 5.56 Å². The van der Waals surface area contributed by atoms with Crippen LogP contribution in [0.1, 0.15) is 32.4 Å². The van der Waals surface area contributed by atoms with Crippen LogP contribution in [0.5, 0.6) is 5.75 Å². The Morgan fingerprint density at radius 3 is 2.63 bits per heavy atom. The van der Waals surface area contributed by atoms with Gasteiger partial charge in [0.25, 0.3) is 0 Å². The van der Waals surface area contributed by atoms with Crippen molar-refractivity contribution in [2.75, 3.05) is 0 Å². The largest absolute Gasteiger partial charge is 0.506 e. The van der Waals surface area contributed by atoms with Crippen molar-refractivity contribution in [3.8, 4) is 5.75 Å². The molecule has 0 saturated heterocycles. The normalized spacial score (nSPS) is 12.6. The Morgan fingerprint density at radius 1 is 1.47 bits per heavy atom. The predicted octanol–water partition coefficient (Wildman–Crippen LogP) is 2.81. The zero-order valence-electron chi connectivity index (χ0n) is 10.9. The van der Waals surface area contributed by atoms with Gasteiger partial charge in [0.05, 0.1) is 5.02 Å². The molecule has 1 rings (SSSR count). The second-order valence-electron chi connectivity index (χ2n) is 4.94. The summed E-state index contributed by atoms with van der Waals surface area (Å²) in [6.45, 7) is 5.12. The van der Waals surface area contributed by atoms with Gasteiger partial charge in [0.15, 0.2) is 0 Å². The van der Waals surface area contributed by atoms with Crippen molar-refractivity contribution in [3.63, 3.8) is 0 Å². The van der Waals surface area contributed by atoms with Crippen LogP contribution < -0.4 is 5.32 Å². The molecule has 1 amide bonds. The number of phenolic OH excluding ortho intramolecular Hbond substituents is 1. The molecule has 6 heteroatoms. The van der Waals surface area contributed by atoms with Crippen molar-refractivity contribution in [2.24, 2.45) is 0 Å². The van der Waals surface area contributed by atoms with Crippen LogP contribution in [-0.4, -0.2) is 23.1 Å². The molecule has 0 aliphatic heterocycles. The summed E-state index contributed by atoms with van der Waals surface area (Å²) in [5.41, 5.74) is -0.457. The van der Waals surface area contributed by atoms with Gasteiger partial charge in [-0.3, -0.25) is 0 Å². The second kappa shape index (κ2) is 5.93. The predicted molar refractivity (Wildman–Crippen MR) is 71.3 cm³/mol. The summed E-state index contributed by atoms with van der Waals surface area (Å²) in [4.78, 5) is 22.6. The maximum absolute atomic E-state index is 11.6. The fourth-order valence-electron chi connectivity index (χ4n) is 1.40. The highest BCUT2D eigenvalue weighted by Crippen LogP contribution is 2.30. The monoisotopic (exact) mass is 285 g/mol. The molecule has 5 nitrogen and oxygen atoms in total. The van der Waals surface area contributed by atoms with Crippen LogP contribution >= 0.6 is 11.6 Å². The minimum Gasteiger partial charge on any atom is -0.506 e. The third-order valence-corrected chi connectivity index (χ3v) is 2.47. The van der Waals surface area contributed by atoms with E-state index in [4.69, 9.17) is 16.3 Å². The smallest absolute Gasteiger partial charge is 0.408 e. The van der Waals surface area contributed by atoms with Crippen molar-refractivity contribution >= 4 is 24.0 Å². The quantitative estimate of drug-likeness (QED) is 0.837. The molecule has 0 radical (unpaired) electrons. The molecule has 0 aliphatic rings. The average Bonchev–Trinajstić information content (AvgIpc) is 2.27. The summed E-state index contributed by atoms with van der Waals surface area (Å²) < 4.78 is 5.04. The van der Waals surface area contributed by atoms with E-state index in [2.05, 4.69) is 5.32 Å². The molecule has 0 saturated carbocycles. The number of para-hydroxylation sites is 1. The van der Waals surface area contributed by atoms with Gasteiger partial charge in [0.2, 0.25) is 0 Å². The number of aromatic hydroxyl groups is 1. The number of carbonyl (C=O) groups excluding carboxylic acids is 2. The Labute approximate surface area is 116 Å². The van der Waals surface area contributed by atoms with E-state index < -0.39 is 17.7 Å². The summed E-state index contributed by atoms with van der Waals surface area (Å²) in [7, 11) is 0. The van der Waals surface area contributed by atoms with E-state index in [0.29, 0.717) is 6.29 Å². The number of aldehydes is 1. The first kappa shape index (κ1) is 15.3. The van der Waals surface area contributed by atoms with Crippen molar-refractivity contribution in [1.82, 2.24) is 5.32 Å². The molecule has 0 bridgehead atoms. The molecule has 0 fully saturated rings. The van der Waals surface area contributed by atoms with Gasteiger partial charge in [0.1, 0.15) is 23.7 Å². The average molecular weight is 286 g/mol. The summed E-state index contributed by atoms with van der Waals surface area (Å²) >= 11 is 5.75. The summed E-state index contributed by atoms with van der Waals surface area (Å²) in [5.74, 6) is -0.239. The molecule has 1 aromatic carbocycles. The Balaban J connectivity index is 2.87. The Morgan fingerprint density at radius 2 is 2.11 bits per heavy atom. The number of nitrogens with one attached hydrogen (secondary N) is 1.